The molecule has 1 aromatic carbocycles. The Balaban J connectivity index is 1.54. The van der Waals surface area contributed by atoms with Gasteiger partial charge < -0.3 is 4.90 Å². The van der Waals surface area contributed by atoms with Crippen molar-refractivity contribution in [3.8, 4) is 10.7 Å². The Morgan fingerprint density at radius 3 is 2.72 bits per heavy atom. The van der Waals surface area contributed by atoms with Crippen LogP contribution in [-0.2, 0) is 27.7 Å². The van der Waals surface area contributed by atoms with Crippen molar-refractivity contribution in [1.82, 2.24) is 14.3 Å². The summed E-state index contributed by atoms with van der Waals surface area (Å²) in [4.78, 5) is 24.0. The Hall–Kier alpha value is -2.62. The summed E-state index contributed by atoms with van der Waals surface area (Å²) in [6, 6.07) is 10.8. The highest BCUT2D eigenvalue weighted by atomic mass is 32.2. The van der Waals surface area contributed by atoms with Crippen LogP contribution in [0.3, 0.4) is 0 Å². The number of anilines is 1. The van der Waals surface area contributed by atoms with E-state index in [0.717, 1.165) is 34.8 Å². The maximum Gasteiger partial charge on any atom is 0.243 e. The van der Waals surface area contributed by atoms with E-state index in [1.807, 2.05) is 37.4 Å². The average molecular weight is 471 g/mol. The molecule has 4 rings (SSSR count). The summed E-state index contributed by atoms with van der Waals surface area (Å²) in [6.07, 6.45) is 3.47. The number of sulfonamides is 1. The number of rotatable bonds is 7. The fraction of sp³-hybridized carbons (Fsp3) is 0.348. The van der Waals surface area contributed by atoms with Gasteiger partial charge in [0.15, 0.2) is 0 Å². The second-order valence-electron chi connectivity index (χ2n) is 7.56. The summed E-state index contributed by atoms with van der Waals surface area (Å²) >= 11 is 1.47. The van der Waals surface area contributed by atoms with Crippen molar-refractivity contribution >= 4 is 33.0 Å². The molecule has 0 saturated heterocycles. The zero-order valence-corrected chi connectivity index (χ0v) is 19.8. The molecular formula is C23H26N4O3S2. The maximum absolute atomic E-state index is 13.1. The lowest BCUT2D eigenvalue weighted by Crippen LogP contribution is -2.37. The number of pyridine rings is 1. The first-order valence-electron chi connectivity index (χ1n) is 10.7. The van der Waals surface area contributed by atoms with Crippen molar-refractivity contribution in [3.63, 3.8) is 0 Å². The minimum Gasteiger partial charge on any atom is -0.312 e. The molecule has 1 amide bonds. The number of thiazole rings is 1. The molecule has 1 aliphatic heterocycles. The molecule has 0 N–H and O–H groups in total. The number of hydrogen-bond acceptors (Lipinski definition) is 6. The topological polar surface area (TPSA) is 83.5 Å². The predicted molar refractivity (Wildman–Crippen MR) is 126 cm³/mol. The number of aryl methyl sites for hydroxylation is 1. The molecule has 0 atom stereocenters. The molecule has 32 heavy (non-hydrogen) atoms. The van der Waals surface area contributed by atoms with Crippen molar-refractivity contribution in [2.75, 3.05) is 24.5 Å². The van der Waals surface area contributed by atoms with Crippen LogP contribution in [0.5, 0.6) is 0 Å². The number of hydrogen-bond donors (Lipinski definition) is 0. The normalized spacial score (nSPS) is 13.9. The van der Waals surface area contributed by atoms with E-state index in [1.165, 1.54) is 15.6 Å². The Kier molecular flexibility index (Phi) is 6.68. The highest BCUT2D eigenvalue weighted by Crippen LogP contribution is 2.31. The van der Waals surface area contributed by atoms with Gasteiger partial charge in [-0.2, -0.15) is 4.31 Å². The van der Waals surface area contributed by atoms with Crippen LogP contribution in [0.25, 0.3) is 10.7 Å². The molecule has 0 fully saturated rings. The van der Waals surface area contributed by atoms with Crippen molar-refractivity contribution in [1.29, 1.82) is 0 Å². The Morgan fingerprint density at radius 1 is 1.19 bits per heavy atom. The third-order valence-corrected chi connectivity index (χ3v) is 8.54. The highest BCUT2D eigenvalue weighted by molar-refractivity contribution is 7.89. The molecule has 2 aromatic heterocycles. The first-order valence-corrected chi connectivity index (χ1v) is 13.0. The Labute approximate surface area is 192 Å². The quantitative estimate of drug-likeness (QED) is 0.525. The molecule has 7 nitrogen and oxygen atoms in total. The second-order valence-corrected chi connectivity index (χ2v) is 10.4. The summed E-state index contributed by atoms with van der Waals surface area (Å²) in [7, 11) is -3.53. The van der Waals surface area contributed by atoms with E-state index in [0.29, 0.717) is 25.3 Å². The van der Waals surface area contributed by atoms with E-state index in [-0.39, 0.29) is 17.2 Å². The molecule has 168 valence electrons. The minimum atomic E-state index is -3.53. The SMILES string of the molecule is CCN(CC)S(=O)(=O)c1ccc2c(c1)CCCN2C(=O)Cc1csc(-c2ccccn2)n1. The molecule has 9 heteroatoms. The highest BCUT2D eigenvalue weighted by Gasteiger charge is 2.27. The average Bonchev–Trinajstić information content (AvgIpc) is 3.28. The fourth-order valence-corrected chi connectivity index (χ4v) is 6.26. The molecule has 0 saturated carbocycles. The van der Waals surface area contributed by atoms with Crippen molar-refractivity contribution in [3.05, 3.63) is 59.2 Å². The smallest absolute Gasteiger partial charge is 0.243 e. The fourth-order valence-electron chi connectivity index (χ4n) is 3.95. The summed E-state index contributed by atoms with van der Waals surface area (Å²) in [5, 5.41) is 2.69. The van der Waals surface area contributed by atoms with Crippen molar-refractivity contribution in [2.24, 2.45) is 0 Å². The molecule has 3 aromatic rings. The largest absolute Gasteiger partial charge is 0.312 e. The summed E-state index contributed by atoms with van der Waals surface area (Å²) < 4.78 is 27.2. The zero-order valence-electron chi connectivity index (χ0n) is 18.2. The number of amides is 1. The van der Waals surface area contributed by atoms with Gasteiger partial charge in [-0.25, -0.2) is 13.4 Å². The van der Waals surface area contributed by atoms with Crippen LogP contribution in [0.15, 0.2) is 52.9 Å². The van der Waals surface area contributed by atoms with E-state index in [9.17, 15) is 13.2 Å². The number of benzene rings is 1. The van der Waals surface area contributed by atoms with Crippen LogP contribution >= 0.6 is 11.3 Å². The van der Waals surface area contributed by atoms with Gasteiger partial charge in [-0.15, -0.1) is 11.3 Å². The first-order chi connectivity index (χ1) is 15.4. The molecule has 3 heterocycles. The van der Waals surface area contributed by atoms with Gasteiger partial charge in [-0.05, 0) is 48.7 Å². The number of aromatic nitrogens is 2. The summed E-state index contributed by atoms with van der Waals surface area (Å²) in [5.41, 5.74) is 3.19. The van der Waals surface area contributed by atoms with Gasteiger partial charge in [0.2, 0.25) is 15.9 Å². The third-order valence-electron chi connectivity index (χ3n) is 5.58. The lowest BCUT2D eigenvalue weighted by molar-refractivity contribution is -0.118. The summed E-state index contributed by atoms with van der Waals surface area (Å²) in [5.74, 6) is -0.0387. The van der Waals surface area contributed by atoms with Crippen molar-refractivity contribution < 1.29 is 13.2 Å². The monoisotopic (exact) mass is 470 g/mol. The molecule has 0 radical (unpaired) electrons. The first kappa shape index (κ1) is 22.6. The van der Waals surface area contributed by atoms with Crippen LogP contribution in [-0.4, -0.2) is 48.2 Å². The van der Waals surface area contributed by atoms with Gasteiger partial charge in [-0.3, -0.25) is 9.78 Å². The van der Waals surface area contributed by atoms with E-state index in [1.54, 1.807) is 29.3 Å². The number of carbonyl (C=O) groups is 1. The molecule has 0 unspecified atom stereocenters. The number of nitrogens with zero attached hydrogens (tertiary/aromatic N) is 4. The zero-order chi connectivity index (χ0) is 22.7. The van der Waals surface area contributed by atoms with E-state index in [4.69, 9.17) is 0 Å². The predicted octanol–water partition coefficient (Wildman–Crippen LogP) is 3.76. The minimum absolute atomic E-state index is 0.0387. The van der Waals surface area contributed by atoms with E-state index >= 15 is 0 Å². The van der Waals surface area contributed by atoms with Crippen LogP contribution in [0.4, 0.5) is 5.69 Å². The van der Waals surface area contributed by atoms with Gasteiger partial charge in [0, 0.05) is 36.9 Å². The van der Waals surface area contributed by atoms with Crippen LogP contribution < -0.4 is 4.90 Å². The molecular weight excluding hydrogens is 444 g/mol. The van der Waals surface area contributed by atoms with Gasteiger partial charge in [-0.1, -0.05) is 19.9 Å². The number of carbonyl (C=O) groups excluding carboxylic acids is 1. The third kappa shape index (κ3) is 4.46. The van der Waals surface area contributed by atoms with Crippen LogP contribution in [0.2, 0.25) is 0 Å². The molecule has 0 bridgehead atoms. The second kappa shape index (κ2) is 9.48. The standard InChI is InChI=1S/C23H26N4O3S2/c1-3-26(4-2)32(29,30)19-10-11-21-17(14-19)8-7-13-27(21)22(28)15-18-16-31-23(25-18)20-9-5-6-12-24-20/h5-6,9-12,14,16H,3-4,7-8,13,15H2,1-2H3. The van der Waals surface area contributed by atoms with Crippen LogP contribution in [0, 0.1) is 0 Å². The van der Waals surface area contributed by atoms with Gasteiger partial charge in [0.25, 0.3) is 0 Å². The number of fused-ring (bicyclic) bond motifs is 1. The van der Waals surface area contributed by atoms with Gasteiger partial charge in [0.05, 0.1) is 22.7 Å². The molecule has 0 spiro atoms. The van der Waals surface area contributed by atoms with E-state index in [2.05, 4.69) is 9.97 Å². The Morgan fingerprint density at radius 2 is 2.00 bits per heavy atom. The lowest BCUT2D eigenvalue weighted by atomic mass is 10.0. The lowest BCUT2D eigenvalue weighted by Gasteiger charge is -2.30. The molecule has 1 aliphatic rings. The summed E-state index contributed by atoms with van der Waals surface area (Å²) in [6.45, 7) is 5.13. The van der Waals surface area contributed by atoms with Gasteiger partial charge >= 0.3 is 0 Å². The van der Waals surface area contributed by atoms with E-state index < -0.39 is 10.0 Å². The van der Waals surface area contributed by atoms with Gasteiger partial charge in [0.1, 0.15) is 5.01 Å². The maximum atomic E-state index is 13.1. The van der Waals surface area contributed by atoms with Crippen molar-refractivity contribution in [2.45, 2.75) is 38.0 Å². The van der Waals surface area contributed by atoms with Crippen LogP contribution in [0.1, 0.15) is 31.5 Å². The Bertz CT molecular complexity index is 1200. The molecule has 0 aliphatic carbocycles.